The Morgan fingerprint density at radius 1 is 0.219 bits per heavy atom. The number of benzene rings is 15. The van der Waals surface area contributed by atoms with Crippen LogP contribution in [-0.4, -0.2) is 6.71 Å². The van der Waals surface area contributed by atoms with Crippen molar-refractivity contribution in [1.29, 1.82) is 0 Å². The van der Waals surface area contributed by atoms with Crippen LogP contribution in [0.5, 0.6) is 0 Å². The Morgan fingerprint density at radius 3 is 0.771 bits per heavy atom. The SMILES string of the molecule is Clc1cc2c3c(c1)N(c1cc(-c4ccccc4)cc(-c4ccccc4)c1)c1cc4c(cc1B3c1cc3c(cc1N2c1cc(-c2ccccc2)cc(-c2ccccc2)c1)-c1ccccc1C31c2ccccc2-c2ccccc21)C1(c2ccccc2-c2ccccc21)c1ccccc1-4. The number of hydrogen-bond donors (Lipinski definition) is 0. The molecular formula is C92H56BClN2. The second-order valence-corrected chi connectivity index (χ2v) is 27.1. The minimum Gasteiger partial charge on any atom is -0.311 e. The van der Waals surface area contributed by atoms with Crippen molar-refractivity contribution in [3.63, 3.8) is 0 Å². The summed E-state index contributed by atoms with van der Waals surface area (Å²) in [6.07, 6.45) is 0. The molecule has 4 heteroatoms. The van der Waals surface area contributed by atoms with Crippen molar-refractivity contribution in [3.8, 4) is 89.0 Å². The first kappa shape index (κ1) is 53.7. The zero-order valence-electron chi connectivity index (χ0n) is 52.2. The Hall–Kier alpha value is -11.7. The van der Waals surface area contributed by atoms with Gasteiger partial charge in [0, 0.05) is 39.1 Å². The lowest BCUT2D eigenvalue weighted by atomic mass is 9.33. The van der Waals surface area contributed by atoms with E-state index in [0.29, 0.717) is 5.02 Å². The van der Waals surface area contributed by atoms with Gasteiger partial charge in [-0.05, 0) is 211 Å². The van der Waals surface area contributed by atoms with Crippen molar-refractivity contribution < 1.29 is 0 Å². The van der Waals surface area contributed by atoms with Gasteiger partial charge in [-0.25, -0.2) is 0 Å². The summed E-state index contributed by atoms with van der Waals surface area (Å²) in [5.74, 6) is 0. The summed E-state index contributed by atoms with van der Waals surface area (Å²) in [7, 11) is 0. The fourth-order valence-corrected chi connectivity index (χ4v) is 18.6. The fourth-order valence-electron chi connectivity index (χ4n) is 18.4. The van der Waals surface area contributed by atoms with Gasteiger partial charge in [0.15, 0.2) is 0 Å². The summed E-state index contributed by atoms with van der Waals surface area (Å²) in [6.45, 7) is -0.294. The van der Waals surface area contributed by atoms with Crippen molar-refractivity contribution in [2.24, 2.45) is 0 Å². The molecule has 0 radical (unpaired) electrons. The summed E-state index contributed by atoms with van der Waals surface area (Å²) < 4.78 is 0. The Kier molecular flexibility index (Phi) is 11.3. The van der Waals surface area contributed by atoms with Crippen LogP contribution in [0.3, 0.4) is 0 Å². The normalized spacial score (nSPS) is 14.2. The minimum absolute atomic E-state index is 0.294. The molecule has 0 unspecified atom stereocenters. The third-order valence-corrected chi connectivity index (χ3v) is 22.3. The Labute approximate surface area is 564 Å². The van der Waals surface area contributed by atoms with Crippen LogP contribution in [-0.2, 0) is 10.8 Å². The molecule has 444 valence electrons. The third kappa shape index (κ3) is 7.22. The lowest BCUT2D eigenvalue weighted by molar-refractivity contribution is 0.794. The van der Waals surface area contributed by atoms with Crippen molar-refractivity contribution in [2.45, 2.75) is 10.8 Å². The van der Waals surface area contributed by atoms with Crippen molar-refractivity contribution in [3.05, 3.63) is 389 Å². The van der Waals surface area contributed by atoms with E-state index >= 15 is 0 Å². The molecule has 21 rings (SSSR count). The smallest absolute Gasteiger partial charge is 0.252 e. The van der Waals surface area contributed by atoms with E-state index in [0.717, 1.165) is 78.6 Å². The molecule has 2 nitrogen and oxygen atoms in total. The van der Waals surface area contributed by atoms with E-state index in [-0.39, 0.29) is 6.71 Å². The van der Waals surface area contributed by atoms with Crippen LogP contribution < -0.4 is 26.2 Å². The van der Waals surface area contributed by atoms with Crippen molar-refractivity contribution >= 4 is 68.8 Å². The van der Waals surface area contributed by atoms with E-state index in [1.165, 1.54) is 105 Å². The first-order chi connectivity index (χ1) is 47.5. The number of fused-ring (bicyclic) bond motifs is 24. The molecule has 0 fully saturated rings. The van der Waals surface area contributed by atoms with Crippen molar-refractivity contribution in [2.75, 3.05) is 9.80 Å². The van der Waals surface area contributed by atoms with Crippen LogP contribution in [0.25, 0.3) is 89.0 Å². The Morgan fingerprint density at radius 2 is 0.479 bits per heavy atom. The van der Waals surface area contributed by atoms with Gasteiger partial charge in [0.2, 0.25) is 0 Å². The van der Waals surface area contributed by atoms with Gasteiger partial charge >= 0.3 is 0 Å². The predicted molar refractivity (Wildman–Crippen MR) is 400 cm³/mol. The number of hydrogen-bond acceptors (Lipinski definition) is 2. The molecule has 0 amide bonds. The lowest BCUT2D eigenvalue weighted by Crippen LogP contribution is -2.61. The zero-order valence-corrected chi connectivity index (χ0v) is 52.9. The highest BCUT2D eigenvalue weighted by Crippen LogP contribution is 2.66. The second-order valence-electron chi connectivity index (χ2n) is 26.6. The molecule has 0 aromatic heterocycles. The molecule has 0 N–H and O–H groups in total. The molecule has 2 heterocycles. The second kappa shape index (κ2) is 20.1. The van der Waals surface area contributed by atoms with Crippen LogP contribution in [0, 0.1) is 0 Å². The average molecular weight is 1240 g/mol. The van der Waals surface area contributed by atoms with Crippen LogP contribution >= 0.6 is 11.6 Å². The van der Waals surface area contributed by atoms with Crippen LogP contribution in [0.4, 0.5) is 34.1 Å². The number of nitrogens with zero attached hydrogens (tertiary/aromatic N) is 2. The quantitative estimate of drug-likeness (QED) is 0.153. The van der Waals surface area contributed by atoms with Gasteiger partial charge in [0.25, 0.3) is 6.71 Å². The first-order valence-corrected chi connectivity index (χ1v) is 33.8. The molecule has 0 saturated heterocycles. The Bertz CT molecular complexity index is 5260. The molecule has 96 heavy (non-hydrogen) atoms. The van der Waals surface area contributed by atoms with Gasteiger partial charge in [-0.1, -0.05) is 291 Å². The lowest BCUT2D eigenvalue weighted by Gasteiger charge is -2.45. The topological polar surface area (TPSA) is 6.48 Å². The van der Waals surface area contributed by atoms with E-state index < -0.39 is 10.8 Å². The van der Waals surface area contributed by atoms with E-state index in [9.17, 15) is 0 Å². The summed E-state index contributed by atoms with van der Waals surface area (Å²) in [6, 6.07) is 128. The maximum Gasteiger partial charge on any atom is 0.252 e. The van der Waals surface area contributed by atoms with E-state index in [4.69, 9.17) is 11.6 Å². The highest BCUT2D eigenvalue weighted by molar-refractivity contribution is 7.00. The minimum atomic E-state index is -0.605. The Balaban J connectivity index is 0.930. The largest absolute Gasteiger partial charge is 0.311 e. The molecule has 2 aliphatic heterocycles. The predicted octanol–water partition coefficient (Wildman–Crippen LogP) is 21.8. The molecular weight excluding hydrogens is 1180 g/mol. The number of anilines is 6. The number of halogens is 1. The maximum absolute atomic E-state index is 8.02. The summed E-state index contributed by atoms with van der Waals surface area (Å²) >= 11 is 8.02. The molecule has 2 spiro atoms. The van der Waals surface area contributed by atoms with E-state index in [1.807, 2.05) is 0 Å². The summed E-state index contributed by atoms with van der Waals surface area (Å²) in [5.41, 5.74) is 38.7. The van der Waals surface area contributed by atoms with Crippen LogP contribution in [0.15, 0.2) is 340 Å². The van der Waals surface area contributed by atoms with E-state index in [1.54, 1.807) is 0 Å². The van der Waals surface area contributed by atoms with Gasteiger partial charge < -0.3 is 9.80 Å². The molecule has 0 bridgehead atoms. The fraction of sp³-hybridized carbons (Fsp3) is 0.0217. The van der Waals surface area contributed by atoms with Gasteiger partial charge in [-0.2, -0.15) is 0 Å². The van der Waals surface area contributed by atoms with Gasteiger partial charge in [-0.15, -0.1) is 0 Å². The highest BCUT2D eigenvalue weighted by Gasteiger charge is 2.56. The van der Waals surface area contributed by atoms with E-state index in [2.05, 4.69) is 350 Å². The molecule has 0 saturated carbocycles. The third-order valence-electron chi connectivity index (χ3n) is 22.0. The van der Waals surface area contributed by atoms with Crippen LogP contribution in [0.2, 0.25) is 5.02 Å². The average Bonchev–Trinajstić information content (AvgIpc) is 1.68. The highest BCUT2D eigenvalue weighted by atomic mass is 35.5. The standard InChI is InChI=1S/C92H56BClN2/c94-65-51-88-90-89(52-65)96(67-49-63(59-29-9-3-10-30-59)46-64(50-67)60-31-11-4-12-32-60)87-54-75-73-38-18-24-44-81(73)92(78-41-21-15-35-70(78)71-36-16-22-42-79(71)92)83(75)56-85(87)93(90)84-55-82-74(72-37-17-23-43-80(72)91(82)76-39-19-13-33-68(76)69-34-14-20-40-77(69)91)53-86(84)95(88)66-47-61(57-25-5-1-6-26-57)45-62(48-66)58-27-7-2-8-28-58/h1-56H. The first-order valence-electron chi connectivity index (χ1n) is 33.4. The maximum atomic E-state index is 8.02. The molecule has 6 aliphatic rings. The monoisotopic (exact) mass is 1230 g/mol. The van der Waals surface area contributed by atoms with Gasteiger partial charge in [0.05, 0.1) is 10.8 Å². The van der Waals surface area contributed by atoms with Gasteiger partial charge in [-0.3, -0.25) is 0 Å². The van der Waals surface area contributed by atoms with Crippen molar-refractivity contribution in [1.82, 2.24) is 0 Å². The summed E-state index contributed by atoms with van der Waals surface area (Å²) in [5, 5.41) is 0.656. The molecule has 15 aromatic rings. The van der Waals surface area contributed by atoms with Crippen LogP contribution in [0.1, 0.15) is 44.5 Å². The summed E-state index contributed by atoms with van der Waals surface area (Å²) in [4.78, 5) is 5.18. The molecule has 4 aliphatic carbocycles. The van der Waals surface area contributed by atoms with Gasteiger partial charge in [0.1, 0.15) is 0 Å². The molecule has 0 atom stereocenters. The zero-order chi connectivity index (χ0) is 63.0. The number of rotatable bonds is 6. The molecule has 15 aromatic carbocycles.